The molecule has 2 amide bonds. The third-order valence-corrected chi connectivity index (χ3v) is 5.51. The van der Waals surface area contributed by atoms with Gasteiger partial charge in [0.15, 0.2) is 0 Å². The van der Waals surface area contributed by atoms with Crippen molar-refractivity contribution in [2.45, 2.75) is 46.1 Å². The van der Waals surface area contributed by atoms with E-state index < -0.39 is 6.04 Å². The summed E-state index contributed by atoms with van der Waals surface area (Å²) < 4.78 is 1.65. The summed E-state index contributed by atoms with van der Waals surface area (Å²) in [5.41, 5.74) is 5.82. The molecule has 0 radical (unpaired) electrons. The molecule has 2 N–H and O–H groups in total. The lowest BCUT2D eigenvalue weighted by Gasteiger charge is -2.11. The summed E-state index contributed by atoms with van der Waals surface area (Å²) in [6.45, 7) is 8.20. The average Bonchev–Trinajstić information content (AvgIpc) is 3.17. The first-order valence-electron chi connectivity index (χ1n) is 10.2. The third-order valence-electron chi connectivity index (χ3n) is 5.51. The van der Waals surface area contributed by atoms with Crippen molar-refractivity contribution in [3.8, 4) is 11.1 Å². The smallest absolute Gasteiger partial charge is 0.251 e. The average molecular weight is 402 g/mol. The van der Waals surface area contributed by atoms with Gasteiger partial charge < -0.3 is 10.6 Å². The number of benzene rings is 2. The first-order chi connectivity index (χ1) is 14.3. The highest BCUT2D eigenvalue weighted by molar-refractivity contribution is 6.04. The van der Waals surface area contributed by atoms with E-state index in [9.17, 15) is 9.59 Å². The van der Waals surface area contributed by atoms with E-state index >= 15 is 0 Å². The molecular weight excluding hydrogens is 376 g/mol. The maximum Gasteiger partial charge on any atom is 0.251 e. The molecule has 0 fully saturated rings. The van der Waals surface area contributed by atoms with E-state index in [4.69, 9.17) is 0 Å². The van der Waals surface area contributed by atoms with Crippen LogP contribution in [0.25, 0.3) is 11.1 Å². The van der Waals surface area contributed by atoms with Crippen LogP contribution in [0.4, 0.5) is 11.5 Å². The Labute approximate surface area is 176 Å². The number of hydrogen-bond acceptors (Lipinski definition) is 3. The Kier molecular flexibility index (Phi) is 5.16. The van der Waals surface area contributed by atoms with E-state index in [2.05, 4.69) is 29.6 Å². The van der Waals surface area contributed by atoms with Gasteiger partial charge >= 0.3 is 0 Å². The monoisotopic (exact) mass is 402 g/mol. The van der Waals surface area contributed by atoms with Gasteiger partial charge in [-0.2, -0.15) is 5.10 Å². The Bertz CT molecular complexity index is 1100. The zero-order valence-corrected chi connectivity index (χ0v) is 17.7. The van der Waals surface area contributed by atoms with Crippen molar-refractivity contribution in [2.75, 3.05) is 10.6 Å². The summed E-state index contributed by atoms with van der Waals surface area (Å²) in [5.74, 6) is 0.656. The fourth-order valence-electron chi connectivity index (χ4n) is 3.79. The van der Waals surface area contributed by atoms with Crippen LogP contribution in [0, 0.1) is 13.8 Å². The minimum absolute atomic E-state index is 0.0270. The number of fused-ring (bicyclic) bond motifs is 1. The maximum absolute atomic E-state index is 12.6. The predicted molar refractivity (Wildman–Crippen MR) is 119 cm³/mol. The number of amides is 2. The lowest BCUT2D eigenvalue weighted by atomic mass is 10.0. The molecule has 2 aromatic carbocycles. The van der Waals surface area contributed by atoms with Gasteiger partial charge in [0.25, 0.3) is 5.91 Å². The molecule has 3 aromatic rings. The van der Waals surface area contributed by atoms with Gasteiger partial charge in [0.2, 0.25) is 5.91 Å². The summed E-state index contributed by atoms with van der Waals surface area (Å²) in [4.78, 5) is 25.2. The molecule has 6 heteroatoms. The molecule has 2 heterocycles. The minimum atomic E-state index is -0.659. The maximum atomic E-state index is 12.6. The van der Waals surface area contributed by atoms with Crippen LogP contribution < -0.4 is 10.6 Å². The lowest BCUT2D eigenvalue weighted by Crippen LogP contribution is -2.23. The molecular formula is C24H26N4O2. The second-order valence-corrected chi connectivity index (χ2v) is 8.15. The van der Waals surface area contributed by atoms with Gasteiger partial charge in [-0.3, -0.25) is 9.59 Å². The van der Waals surface area contributed by atoms with Gasteiger partial charge in [0.1, 0.15) is 11.9 Å². The molecule has 4 rings (SSSR count). The lowest BCUT2D eigenvalue weighted by molar-refractivity contribution is -0.123. The Hall–Kier alpha value is -3.41. The van der Waals surface area contributed by atoms with E-state index in [1.807, 2.05) is 62.4 Å². The fourth-order valence-corrected chi connectivity index (χ4v) is 3.79. The van der Waals surface area contributed by atoms with Gasteiger partial charge in [-0.25, -0.2) is 4.68 Å². The molecule has 1 unspecified atom stereocenters. The van der Waals surface area contributed by atoms with Gasteiger partial charge in [0.05, 0.1) is 12.1 Å². The van der Waals surface area contributed by atoms with Gasteiger partial charge in [-0.05, 0) is 43.0 Å². The molecule has 6 nitrogen and oxygen atoms in total. The normalized spacial score (nSPS) is 15.2. The highest BCUT2D eigenvalue weighted by Gasteiger charge is 2.36. The number of nitrogens with one attached hydrogen (secondary N) is 2. The van der Waals surface area contributed by atoms with Crippen LogP contribution in [0.2, 0.25) is 0 Å². The van der Waals surface area contributed by atoms with Crippen LogP contribution in [-0.4, -0.2) is 21.6 Å². The van der Waals surface area contributed by atoms with Crippen molar-refractivity contribution in [1.82, 2.24) is 9.78 Å². The van der Waals surface area contributed by atoms with Crippen molar-refractivity contribution in [3.63, 3.8) is 0 Å². The number of carbonyl (C=O) groups is 2. The zero-order chi connectivity index (χ0) is 21.4. The van der Waals surface area contributed by atoms with E-state index in [-0.39, 0.29) is 18.2 Å². The van der Waals surface area contributed by atoms with Crippen LogP contribution in [-0.2, 0) is 9.59 Å². The van der Waals surface area contributed by atoms with Crippen LogP contribution >= 0.6 is 0 Å². The van der Waals surface area contributed by atoms with Crippen molar-refractivity contribution >= 4 is 23.3 Å². The zero-order valence-electron chi connectivity index (χ0n) is 17.7. The molecule has 154 valence electrons. The highest BCUT2D eigenvalue weighted by Crippen LogP contribution is 2.38. The molecule has 1 aliphatic heterocycles. The third kappa shape index (κ3) is 3.73. The molecule has 0 spiro atoms. The van der Waals surface area contributed by atoms with Crippen molar-refractivity contribution in [1.29, 1.82) is 0 Å². The van der Waals surface area contributed by atoms with Gasteiger partial charge in [-0.1, -0.05) is 55.8 Å². The van der Waals surface area contributed by atoms with Crippen molar-refractivity contribution in [3.05, 3.63) is 65.4 Å². The van der Waals surface area contributed by atoms with Crippen LogP contribution in [0.3, 0.4) is 0 Å². The molecule has 1 aliphatic rings. The highest BCUT2D eigenvalue weighted by atomic mass is 16.2. The summed E-state index contributed by atoms with van der Waals surface area (Å²) in [6, 6.07) is 15.2. The molecule has 0 bridgehead atoms. The summed E-state index contributed by atoms with van der Waals surface area (Å²) in [6.07, 6.45) is 0.0270. The largest absolute Gasteiger partial charge is 0.326 e. The van der Waals surface area contributed by atoms with Gasteiger partial charge in [-0.15, -0.1) is 0 Å². The van der Waals surface area contributed by atoms with Crippen molar-refractivity contribution < 1.29 is 9.59 Å². The fraction of sp³-hybridized carbons (Fsp3) is 0.292. The van der Waals surface area contributed by atoms with E-state index in [1.165, 1.54) is 11.1 Å². The predicted octanol–water partition coefficient (Wildman–Crippen LogP) is 4.81. The van der Waals surface area contributed by atoms with Crippen LogP contribution in [0.5, 0.6) is 0 Å². The summed E-state index contributed by atoms with van der Waals surface area (Å²) in [5, 5.41) is 10.4. The Morgan fingerprint density at radius 3 is 2.40 bits per heavy atom. The number of hydrogen-bond donors (Lipinski definition) is 2. The summed E-state index contributed by atoms with van der Waals surface area (Å²) in [7, 11) is 0. The number of carbonyl (C=O) groups excluding carboxylic acids is 2. The standard InChI is InChI=1S/C24H26N4O2/c1-14(2)17-9-11-19(12-10-17)25-21(29)13-20-24(30)26-23-22(16(4)27-28(20)23)18-7-5-15(3)6-8-18/h5-12,14,20H,13H2,1-4H3,(H,25,29)(H,26,30). The molecule has 1 aromatic heterocycles. The number of nitrogens with zero attached hydrogens (tertiary/aromatic N) is 2. The van der Waals surface area contributed by atoms with E-state index in [1.54, 1.807) is 4.68 Å². The first kappa shape index (κ1) is 19.9. The Balaban J connectivity index is 1.53. The second-order valence-electron chi connectivity index (χ2n) is 8.15. The Morgan fingerprint density at radius 2 is 1.77 bits per heavy atom. The van der Waals surface area contributed by atoms with Crippen molar-refractivity contribution in [2.24, 2.45) is 0 Å². The minimum Gasteiger partial charge on any atom is -0.326 e. The quantitative estimate of drug-likeness (QED) is 0.643. The van der Waals surface area contributed by atoms with E-state index in [0.717, 1.165) is 22.5 Å². The van der Waals surface area contributed by atoms with Gasteiger partial charge in [0, 0.05) is 11.3 Å². The first-order valence-corrected chi connectivity index (χ1v) is 10.2. The number of aromatic nitrogens is 2. The summed E-state index contributed by atoms with van der Waals surface area (Å²) >= 11 is 0. The van der Waals surface area contributed by atoms with Crippen LogP contribution in [0.1, 0.15) is 49.0 Å². The van der Waals surface area contributed by atoms with Crippen LogP contribution in [0.15, 0.2) is 48.5 Å². The topological polar surface area (TPSA) is 76.0 Å². The van der Waals surface area contributed by atoms with E-state index in [0.29, 0.717) is 11.7 Å². The Morgan fingerprint density at radius 1 is 1.10 bits per heavy atom. The molecule has 30 heavy (non-hydrogen) atoms. The molecule has 0 saturated heterocycles. The second kappa shape index (κ2) is 7.78. The number of aryl methyl sites for hydroxylation is 2. The molecule has 0 aliphatic carbocycles. The molecule has 0 saturated carbocycles. The number of anilines is 2. The number of rotatable bonds is 5. The SMILES string of the molecule is Cc1ccc(-c2c(C)nn3c2NC(=O)C3CC(=O)Nc2ccc(C(C)C)cc2)cc1. The molecule has 1 atom stereocenters.